The Morgan fingerprint density at radius 1 is 0.571 bits per heavy atom. The lowest BCUT2D eigenvalue weighted by molar-refractivity contribution is -0.122. The van der Waals surface area contributed by atoms with Crippen molar-refractivity contribution in [2.24, 2.45) is 17.4 Å². The molecule has 0 aromatic rings. The van der Waals surface area contributed by atoms with E-state index in [9.17, 15) is 4.79 Å². The van der Waals surface area contributed by atoms with Gasteiger partial charge in [-0.3, -0.25) is 4.79 Å². The zero-order valence-corrected chi connectivity index (χ0v) is 28.5. The monoisotopic (exact) mass is 598 g/mol. The molecule has 0 fully saturated rings. The van der Waals surface area contributed by atoms with Crippen LogP contribution in [0.25, 0.3) is 0 Å². The highest BCUT2D eigenvalue weighted by molar-refractivity contribution is 5.81. The quantitative estimate of drug-likeness (QED) is 0.0634. The second-order valence-corrected chi connectivity index (χ2v) is 12.7. The number of carbonyl (C=O) groups is 1. The van der Waals surface area contributed by atoms with Crippen LogP contribution in [0.15, 0.2) is 0 Å². The molecular weight excluding hydrogens is 522 g/mol. The van der Waals surface area contributed by atoms with Gasteiger partial charge in [0.25, 0.3) is 0 Å². The van der Waals surface area contributed by atoms with E-state index in [0.717, 1.165) is 51.9 Å². The summed E-state index contributed by atoms with van der Waals surface area (Å²) in [5, 5.41) is 3.09. The van der Waals surface area contributed by atoms with Gasteiger partial charge >= 0.3 is 0 Å². The Morgan fingerprint density at radius 3 is 1.52 bits per heavy atom. The largest absolute Gasteiger partial charge is 0.381 e. The maximum Gasteiger partial charge on any atom is 0.236 e. The highest BCUT2D eigenvalue weighted by Gasteiger charge is 2.16. The molecule has 1 amide bonds. The van der Waals surface area contributed by atoms with Gasteiger partial charge in [0.2, 0.25) is 5.91 Å². The first-order valence-corrected chi connectivity index (χ1v) is 18.5. The van der Waals surface area contributed by atoms with Crippen molar-refractivity contribution >= 4 is 5.91 Å². The topological polar surface area (TPSA) is 99.6 Å². The molecule has 2 unspecified atom stereocenters. The standard InChI is InChI=1S/C36H75N3O3/c1-3-5-7-9-11-13-15-17-19-23-29-41-31-25-26-34(32-39-36(40)35(38)27-21-22-28-37)33-42-30-24-20-18-16-14-12-10-8-6-4-2/h34-35H,3-33,37-38H2,1-2H3,(H,39,40). The third-order valence-corrected chi connectivity index (χ3v) is 8.41. The van der Waals surface area contributed by atoms with Crippen molar-refractivity contribution in [3.05, 3.63) is 0 Å². The summed E-state index contributed by atoms with van der Waals surface area (Å²) in [5.41, 5.74) is 11.7. The number of amides is 1. The second kappa shape index (κ2) is 34.8. The number of nitrogens with one attached hydrogen (secondary N) is 1. The fourth-order valence-electron chi connectivity index (χ4n) is 5.47. The molecular formula is C36H75N3O3. The molecule has 0 aromatic carbocycles. The average molecular weight is 598 g/mol. The van der Waals surface area contributed by atoms with Crippen LogP contribution in [0.1, 0.15) is 174 Å². The highest BCUT2D eigenvalue weighted by atomic mass is 16.5. The van der Waals surface area contributed by atoms with E-state index in [1.165, 1.54) is 122 Å². The van der Waals surface area contributed by atoms with Crippen LogP contribution < -0.4 is 16.8 Å². The minimum Gasteiger partial charge on any atom is -0.381 e. The smallest absolute Gasteiger partial charge is 0.236 e. The van der Waals surface area contributed by atoms with Crippen molar-refractivity contribution in [2.75, 3.05) is 39.5 Å². The average Bonchev–Trinajstić information content (AvgIpc) is 2.99. The van der Waals surface area contributed by atoms with E-state index in [0.29, 0.717) is 32.0 Å². The summed E-state index contributed by atoms with van der Waals surface area (Å²) in [7, 11) is 0. The van der Waals surface area contributed by atoms with Gasteiger partial charge in [-0.05, 0) is 51.0 Å². The van der Waals surface area contributed by atoms with Crippen molar-refractivity contribution in [1.29, 1.82) is 0 Å². The molecule has 0 aromatic heterocycles. The minimum atomic E-state index is -0.450. The van der Waals surface area contributed by atoms with Crippen molar-refractivity contribution in [3.63, 3.8) is 0 Å². The molecule has 0 aliphatic rings. The summed E-state index contributed by atoms with van der Waals surface area (Å²) < 4.78 is 12.0. The molecule has 0 saturated carbocycles. The van der Waals surface area contributed by atoms with E-state index < -0.39 is 6.04 Å². The fourth-order valence-corrected chi connectivity index (χ4v) is 5.47. The Morgan fingerprint density at radius 2 is 1.02 bits per heavy atom. The van der Waals surface area contributed by atoms with Gasteiger partial charge in [-0.25, -0.2) is 0 Å². The van der Waals surface area contributed by atoms with Crippen LogP contribution in [0.2, 0.25) is 0 Å². The van der Waals surface area contributed by atoms with E-state index in [1.54, 1.807) is 0 Å². The molecule has 0 aliphatic carbocycles. The summed E-state index contributed by atoms with van der Waals surface area (Å²) in [6.45, 7) is 8.99. The Kier molecular flexibility index (Phi) is 34.2. The highest BCUT2D eigenvalue weighted by Crippen LogP contribution is 2.13. The van der Waals surface area contributed by atoms with Crippen molar-refractivity contribution in [3.8, 4) is 0 Å². The van der Waals surface area contributed by atoms with Gasteiger partial charge in [-0.2, -0.15) is 0 Å². The van der Waals surface area contributed by atoms with Gasteiger partial charge < -0.3 is 26.3 Å². The number of carbonyl (C=O) groups excluding carboxylic acids is 1. The molecule has 0 saturated heterocycles. The van der Waals surface area contributed by atoms with Crippen LogP contribution in [0.3, 0.4) is 0 Å². The number of hydrogen-bond donors (Lipinski definition) is 3. The van der Waals surface area contributed by atoms with Crippen LogP contribution in [-0.4, -0.2) is 51.5 Å². The third kappa shape index (κ3) is 30.8. The molecule has 0 rings (SSSR count). The van der Waals surface area contributed by atoms with Crippen LogP contribution in [0.5, 0.6) is 0 Å². The third-order valence-electron chi connectivity index (χ3n) is 8.41. The summed E-state index contributed by atoms with van der Waals surface area (Å²) >= 11 is 0. The lowest BCUT2D eigenvalue weighted by atomic mass is 10.0. The van der Waals surface area contributed by atoms with E-state index in [2.05, 4.69) is 19.2 Å². The van der Waals surface area contributed by atoms with Gasteiger partial charge in [0.1, 0.15) is 0 Å². The van der Waals surface area contributed by atoms with E-state index in [1.807, 2.05) is 0 Å². The molecule has 0 spiro atoms. The number of rotatable bonds is 35. The number of unbranched alkanes of at least 4 members (excludes halogenated alkanes) is 19. The molecule has 0 heterocycles. The van der Waals surface area contributed by atoms with E-state index in [-0.39, 0.29) is 5.91 Å². The molecule has 0 radical (unpaired) electrons. The molecule has 2 atom stereocenters. The maximum atomic E-state index is 12.5. The maximum absolute atomic E-state index is 12.5. The van der Waals surface area contributed by atoms with Gasteiger partial charge in [0.15, 0.2) is 0 Å². The second-order valence-electron chi connectivity index (χ2n) is 12.7. The zero-order valence-electron chi connectivity index (χ0n) is 28.5. The van der Waals surface area contributed by atoms with Gasteiger partial charge in [0, 0.05) is 26.4 Å². The van der Waals surface area contributed by atoms with E-state index >= 15 is 0 Å². The molecule has 6 nitrogen and oxygen atoms in total. The summed E-state index contributed by atoms with van der Waals surface area (Å²) in [6.07, 6.45) is 31.3. The first kappa shape index (κ1) is 41.3. The first-order valence-electron chi connectivity index (χ1n) is 18.5. The SMILES string of the molecule is CCCCCCCCCCCCOCCCC(CNC(=O)C(N)CCCCN)COCCCCCCCCCCCC. The molecule has 42 heavy (non-hydrogen) atoms. The van der Waals surface area contributed by atoms with E-state index in [4.69, 9.17) is 20.9 Å². The normalized spacial score (nSPS) is 13.0. The molecule has 252 valence electrons. The van der Waals surface area contributed by atoms with Crippen molar-refractivity contribution in [1.82, 2.24) is 5.32 Å². The molecule has 0 bridgehead atoms. The summed E-state index contributed by atoms with van der Waals surface area (Å²) in [6, 6.07) is -0.450. The lowest BCUT2D eigenvalue weighted by Crippen LogP contribution is -2.43. The lowest BCUT2D eigenvalue weighted by Gasteiger charge is -2.19. The predicted octanol–water partition coefficient (Wildman–Crippen LogP) is 8.83. The predicted molar refractivity (Wildman–Crippen MR) is 182 cm³/mol. The van der Waals surface area contributed by atoms with Crippen LogP contribution in [-0.2, 0) is 14.3 Å². The summed E-state index contributed by atoms with van der Waals surface area (Å²) in [4.78, 5) is 12.5. The Bertz CT molecular complexity index is 535. The summed E-state index contributed by atoms with van der Waals surface area (Å²) in [5.74, 6) is 0.248. The molecule has 6 heteroatoms. The fraction of sp³-hybridized carbons (Fsp3) is 0.972. The zero-order chi connectivity index (χ0) is 30.8. The van der Waals surface area contributed by atoms with Crippen molar-refractivity contribution < 1.29 is 14.3 Å². The van der Waals surface area contributed by atoms with Gasteiger partial charge in [-0.15, -0.1) is 0 Å². The van der Waals surface area contributed by atoms with Gasteiger partial charge in [0.05, 0.1) is 12.6 Å². The van der Waals surface area contributed by atoms with Crippen LogP contribution >= 0.6 is 0 Å². The Hall–Kier alpha value is -0.690. The number of ether oxygens (including phenoxy) is 2. The van der Waals surface area contributed by atoms with Crippen molar-refractivity contribution in [2.45, 2.75) is 180 Å². The first-order chi connectivity index (χ1) is 20.7. The Balaban J connectivity index is 4.04. The Labute approximate surface area is 262 Å². The van der Waals surface area contributed by atoms with Gasteiger partial charge in [-0.1, -0.05) is 136 Å². The van der Waals surface area contributed by atoms with Crippen LogP contribution in [0, 0.1) is 5.92 Å². The number of nitrogens with two attached hydrogens (primary N) is 2. The minimum absolute atomic E-state index is 0.0519. The molecule has 0 aliphatic heterocycles. The number of hydrogen-bond acceptors (Lipinski definition) is 5. The van der Waals surface area contributed by atoms with Crippen LogP contribution in [0.4, 0.5) is 0 Å². The molecule has 5 N–H and O–H groups in total.